The number of phosphoric ester groups is 1. The molecule has 8 N–H and O–H groups in total. The summed E-state index contributed by atoms with van der Waals surface area (Å²) in [5, 5.41) is 21.4. The molecule has 23 nitrogen and oxygen atoms in total. The number of H-pyrrole nitrogens is 1. The van der Waals surface area contributed by atoms with Gasteiger partial charge in [-0.05, 0) is 24.3 Å². The minimum absolute atomic E-state index is 0.0456. The first-order valence-electron chi connectivity index (χ1n) is 16.0. The lowest BCUT2D eigenvalue weighted by atomic mass is 10.2. The molecule has 0 bridgehead atoms. The molecule has 2 aliphatic rings. The molecule has 5 atom stereocenters. The largest absolute Gasteiger partial charge is 0.527 e. The fraction of sp³-hybridized carbons (Fsp3) is 0.188. The summed E-state index contributed by atoms with van der Waals surface area (Å²) in [6, 6.07) is 15.2. The number of nitrogens with one attached hydrogen (secondary N) is 1. The molecule has 0 radical (unpaired) electrons. The zero-order valence-electron chi connectivity index (χ0n) is 28.3. The number of ether oxygens (including phenoxy) is 4. The minimum Gasteiger partial charge on any atom is -0.505 e. The minimum atomic E-state index is -5.39. The van der Waals surface area contributed by atoms with Crippen molar-refractivity contribution in [2.45, 2.75) is 24.7 Å². The zero-order valence-corrected chi connectivity index (χ0v) is 29.2. The number of hydrogen-bond acceptors (Lipinski definition) is 19. The molecule has 5 aromatic rings. The summed E-state index contributed by atoms with van der Waals surface area (Å²) in [7, 11) is -5.39. The van der Waals surface area contributed by atoms with Gasteiger partial charge < -0.3 is 45.2 Å². The molecule has 56 heavy (non-hydrogen) atoms. The van der Waals surface area contributed by atoms with Crippen molar-refractivity contribution in [2.24, 2.45) is 0 Å². The average Bonchev–Trinajstić information content (AvgIpc) is 3.84. The number of benzene rings is 2. The molecule has 5 heterocycles. The van der Waals surface area contributed by atoms with Gasteiger partial charge in [0, 0.05) is 0 Å². The molecule has 0 saturated heterocycles. The number of aliphatic hydroxyl groups excluding tert-OH is 2. The zero-order chi connectivity index (χ0) is 39.7. The lowest BCUT2D eigenvalue weighted by Crippen LogP contribution is -2.36. The van der Waals surface area contributed by atoms with E-state index in [-0.39, 0.29) is 34.2 Å². The van der Waals surface area contributed by atoms with Gasteiger partial charge in [0.05, 0.1) is 11.1 Å². The highest BCUT2D eigenvalue weighted by molar-refractivity contribution is 7.47. The van der Waals surface area contributed by atoms with Crippen molar-refractivity contribution < 1.29 is 57.3 Å². The third kappa shape index (κ3) is 7.37. The van der Waals surface area contributed by atoms with Gasteiger partial charge >= 0.3 is 25.5 Å². The van der Waals surface area contributed by atoms with Gasteiger partial charge in [0.25, 0.3) is 5.56 Å². The van der Waals surface area contributed by atoms with E-state index in [9.17, 15) is 38.8 Å². The number of anilines is 2. The fourth-order valence-electron chi connectivity index (χ4n) is 5.54. The summed E-state index contributed by atoms with van der Waals surface area (Å²) < 4.78 is 48.5. The van der Waals surface area contributed by atoms with Crippen LogP contribution in [0.5, 0.6) is 0 Å². The van der Waals surface area contributed by atoms with E-state index in [1.165, 1.54) is 24.3 Å². The Kier molecular flexibility index (Phi) is 9.97. The van der Waals surface area contributed by atoms with E-state index in [4.69, 9.17) is 39.5 Å². The van der Waals surface area contributed by atoms with Gasteiger partial charge in [0.2, 0.25) is 36.6 Å². The van der Waals surface area contributed by atoms with E-state index >= 15 is 0 Å². The number of aromatic amines is 1. The van der Waals surface area contributed by atoms with Crippen molar-refractivity contribution in [3.05, 3.63) is 128 Å². The molecular formula is C32H28N9O14P. The number of rotatable bonds is 12. The van der Waals surface area contributed by atoms with Gasteiger partial charge in [0.1, 0.15) is 25.9 Å². The molecule has 290 valence electrons. The molecule has 7 rings (SSSR count). The van der Waals surface area contributed by atoms with E-state index in [0.29, 0.717) is 0 Å². The van der Waals surface area contributed by atoms with Crippen molar-refractivity contribution >= 4 is 42.8 Å². The molecule has 0 spiro atoms. The Morgan fingerprint density at radius 2 is 1.45 bits per heavy atom. The second-order valence-corrected chi connectivity index (χ2v) is 13.0. The maximum absolute atomic E-state index is 13.5. The number of nitrogen functional groups attached to an aromatic ring is 2. The van der Waals surface area contributed by atoms with E-state index in [1.807, 2.05) is 0 Å². The number of phosphoric acid groups is 1. The van der Waals surface area contributed by atoms with Crippen LogP contribution in [-0.4, -0.2) is 86.5 Å². The van der Waals surface area contributed by atoms with Crippen LogP contribution in [0.1, 0.15) is 33.2 Å². The maximum Gasteiger partial charge on any atom is 0.527 e. The Morgan fingerprint density at radius 1 is 0.857 bits per heavy atom. The van der Waals surface area contributed by atoms with Crippen molar-refractivity contribution in [3.63, 3.8) is 0 Å². The van der Waals surface area contributed by atoms with Crippen LogP contribution in [0.25, 0.3) is 11.2 Å². The maximum atomic E-state index is 13.5. The molecule has 0 aliphatic carbocycles. The SMILES string of the molecule is Nc1ncn([C@@H]2OC(COP(=O)(O)OC3=C(CO)O[C@@H](n4cnc5c(=O)[nH]c(N)nc54)C3OC(=O)c3ccccc3)=C(O)C2OC(=O)c2ccccc2)c(=O)n1. The molecule has 3 aromatic heterocycles. The number of fused-ring (bicyclic) bond motifs is 1. The van der Waals surface area contributed by atoms with Gasteiger partial charge in [-0.25, -0.2) is 33.5 Å². The molecular weight excluding hydrogens is 765 g/mol. The average molecular weight is 794 g/mol. The van der Waals surface area contributed by atoms with Crippen molar-refractivity contribution in [1.29, 1.82) is 0 Å². The molecule has 0 amide bonds. The monoisotopic (exact) mass is 793 g/mol. The molecule has 2 aliphatic heterocycles. The normalized spacial score (nSPS) is 20.3. The predicted molar refractivity (Wildman–Crippen MR) is 185 cm³/mol. The van der Waals surface area contributed by atoms with E-state index < -0.39 is 91.9 Å². The number of hydrogen-bond donors (Lipinski definition) is 6. The fourth-order valence-corrected chi connectivity index (χ4v) is 6.33. The highest BCUT2D eigenvalue weighted by Gasteiger charge is 2.48. The van der Waals surface area contributed by atoms with Crippen molar-refractivity contribution in [2.75, 3.05) is 24.7 Å². The lowest BCUT2D eigenvalue weighted by Gasteiger charge is -2.23. The Bertz CT molecular complexity index is 2560. The van der Waals surface area contributed by atoms with Gasteiger partial charge in [-0.15, -0.1) is 0 Å². The number of aromatic nitrogens is 7. The number of nitrogens with two attached hydrogens (primary N) is 2. The molecule has 24 heteroatoms. The summed E-state index contributed by atoms with van der Waals surface area (Å²) in [4.78, 5) is 80.0. The molecule has 3 unspecified atom stereocenters. The number of esters is 2. The van der Waals surface area contributed by atoms with Crippen LogP contribution in [0, 0.1) is 0 Å². The summed E-state index contributed by atoms with van der Waals surface area (Å²) in [6.45, 7) is -2.03. The topological polar surface area (TPSA) is 331 Å². The first-order chi connectivity index (χ1) is 26.8. The summed E-state index contributed by atoms with van der Waals surface area (Å²) in [5.74, 6) is -5.23. The Labute approximate surface area is 311 Å². The second-order valence-electron chi connectivity index (χ2n) is 11.7. The van der Waals surface area contributed by atoms with Crippen LogP contribution in [0.4, 0.5) is 11.9 Å². The first-order valence-corrected chi connectivity index (χ1v) is 17.5. The number of aliphatic hydroxyl groups is 2. The van der Waals surface area contributed by atoms with Crippen LogP contribution in [-0.2, 0) is 32.6 Å². The third-order valence-corrected chi connectivity index (χ3v) is 8.96. The van der Waals surface area contributed by atoms with Crippen LogP contribution in [0.15, 0.2) is 106 Å². The second kappa shape index (κ2) is 15.0. The van der Waals surface area contributed by atoms with E-state index in [2.05, 4.69) is 24.9 Å². The van der Waals surface area contributed by atoms with Gasteiger partial charge in [0.15, 0.2) is 34.2 Å². The number of carbonyl (C=O) groups excluding carboxylic acids is 2. The quantitative estimate of drug-likeness (QED) is 0.0742. The Morgan fingerprint density at radius 3 is 2.07 bits per heavy atom. The number of carbonyl (C=O) groups is 2. The summed E-state index contributed by atoms with van der Waals surface area (Å²) >= 11 is 0. The van der Waals surface area contributed by atoms with E-state index in [0.717, 1.165) is 21.8 Å². The number of nitrogens with zero attached hydrogens (tertiary/aromatic N) is 6. The number of imidazole rings is 1. The summed E-state index contributed by atoms with van der Waals surface area (Å²) in [6.07, 6.45) is -4.70. The Balaban J connectivity index is 1.17. The predicted octanol–water partition coefficient (Wildman–Crippen LogP) is 0.552. The summed E-state index contributed by atoms with van der Waals surface area (Å²) in [5.41, 5.74) is 9.26. The Hall–Kier alpha value is -7.07. The third-order valence-electron chi connectivity index (χ3n) is 8.08. The van der Waals surface area contributed by atoms with Crippen LogP contribution < -0.4 is 22.7 Å². The lowest BCUT2D eigenvalue weighted by molar-refractivity contribution is -0.0386. The smallest absolute Gasteiger partial charge is 0.505 e. The van der Waals surface area contributed by atoms with Crippen LogP contribution >= 0.6 is 7.82 Å². The standard InChI is InChI=1S/C32H28N9O14P/c33-30-36-14-41(32(47)39-30)26-22(53-28(45)15-7-3-1-4-8-15)20(43)18(52-26)12-50-56(48,49)55-21-17(11-42)51-27(23(21)54-29(46)16-9-5-2-6-10-16)40-13-35-19-24(40)37-31(34)38-25(19)44/h1-10,13-14,22-23,26-27,42-43H,11-12H2,(H,48,49)(H2,33,39,47)(H3,34,37,38,44)/t22?,23?,26-,27-/m1/s1. The van der Waals surface area contributed by atoms with Crippen LogP contribution in [0.2, 0.25) is 0 Å². The van der Waals surface area contributed by atoms with Gasteiger partial charge in [-0.3, -0.25) is 23.8 Å². The molecule has 0 fully saturated rings. The van der Waals surface area contributed by atoms with E-state index in [1.54, 1.807) is 36.4 Å². The van der Waals surface area contributed by atoms with Crippen molar-refractivity contribution in [1.82, 2.24) is 34.1 Å². The molecule has 2 aromatic carbocycles. The van der Waals surface area contributed by atoms with Crippen molar-refractivity contribution in [3.8, 4) is 0 Å². The van der Waals surface area contributed by atoms with Gasteiger partial charge in [-0.1, -0.05) is 36.4 Å². The highest BCUT2D eigenvalue weighted by atomic mass is 31.2. The highest BCUT2D eigenvalue weighted by Crippen LogP contribution is 2.51. The van der Waals surface area contributed by atoms with Gasteiger partial charge in [-0.2, -0.15) is 9.97 Å². The first kappa shape index (κ1) is 37.3. The van der Waals surface area contributed by atoms with Crippen LogP contribution in [0.3, 0.4) is 0 Å². The molecule has 0 saturated carbocycles.